The second kappa shape index (κ2) is 3.26. The van der Waals surface area contributed by atoms with Crippen LogP contribution in [0.15, 0.2) is 12.4 Å². The zero-order chi connectivity index (χ0) is 7.68. The van der Waals surface area contributed by atoms with E-state index in [9.17, 15) is 0 Å². The van der Waals surface area contributed by atoms with Gasteiger partial charge in [0.05, 0.1) is 9.26 Å². The molecule has 1 aromatic heterocycles. The molecule has 1 aliphatic rings. The Balaban J connectivity index is 2.70. The molecule has 0 saturated carbocycles. The summed E-state index contributed by atoms with van der Waals surface area (Å²) >= 11 is 2.29. The molecule has 0 unspecified atom stereocenters. The fourth-order valence-electron chi connectivity index (χ4n) is 0.805. The van der Waals surface area contributed by atoms with E-state index in [-0.39, 0.29) is 20.7 Å². The highest BCUT2D eigenvalue weighted by Crippen LogP contribution is 2.23. The molecule has 0 saturated heterocycles. The van der Waals surface area contributed by atoms with Crippen molar-refractivity contribution >= 4 is 53.4 Å². The standard InChI is InChI=1S/C7H4I2N2/c8-7-6-5(10-4-11-7)2-1-3-9-6/h1-4H. The average molecular weight is 370 g/mol. The molecular weight excluding hydrogens is 366 g/mol. The third kappa shape index (κ3) is 1.51. The second-order valence-electron chi connectivity index (χ2n) is 1.96. The molecule has 1 aliphatic heterocycles. The molecule has 0 amide bonds. The summed E-state index contributed by atoms with van der Waals surface area (Å²) < 4.78 is 4.70. The maximum atomic E-state index is 4.18. The van der Waals surface area contributed by atoms with Crippen LogP contribution < -0.4 is 0 Å². The Morgan fingerprint density at radius 1 is 1.36 bits per heavy atom. The van der Waals surface area contributed by atoms with Crippen molar-refractivity contribution < 1.29 is 0 Å². The summed E-state index contributed by atoms with van der Waals surface area (Å²) in [4.78, 5) is 8.33. The van der Waals surface area contributed by atoms with Crippen LogP contribution in [0.1, 0.15) is 5.69 Å². The first kappa shape index (κ1) is 7.78. The van der Waals surface area contributed by atoms with E-state index in [1.54, 1.807) is 6.33 Å². The van der Waals surface area contributed by atoms with Crippen LogP contribution in [0.3, 0.4) is 0 Å². The lowest BCUT2D eigenvalue weighted by Gasteiger charge is -2.02. The molecular formula is C7H4I2N2. The second-order valence-corrected chi connectivity index (χ2v) is 5.40. The number of hydrogen-bond donors (Lipinski definition) is 0. The fourth-order valence-corrected chi connectivity index (χ4v) is 3.80. The molecule has 0 N–H and O–H groups in total. The summed E-state index contributed by atoms with van der Waals surface area (Å²) in [5.41, 5.74) is 1.11. The number of hydrogen-bond acceptors (Lipinski definition) is 2. The van der Waals surface area contributed by atoms with Crippen molar-refractivity contribution in [1.82, 2.24) is 9.97 Å². The molecule has 0 bridgehead atoms. The Morgan fingerprint density at radius 2 is 2.27 bits per heavy atom. The lowest BCUT2D eigenvalue weighted by atomic mass is 10.4. The highest BCUT2D eigenvalue weighted by Gasteiger charge is 2.05. The average Bonchev–Trinajstić information content (AvgIpc) is 2.06. The summed E-state index contributed by atoms with van der Waals surface area (Å²) in [6, 6.07) is 0. The van der Waals surface area contributed by atoms with Gasteiger partial charge in [0.1, 0.15) is 10.0 Å². The zero-order valence-corrected chi connectivity index (χ0v) is 9.77. The van der Waals surface area contributed by atoms with E-state index in [1.807, 2.05) is 6.08 Å². The smallest absolute Gasteiger partial charge is 0.118 e. The summed E-state index contributed by atoms with van der Waals surface area (Å²) in [6.07, 6.45) is 5.75. The SMILES string of the molecule is Ic1ncnc2c1I=CC=C2. The van der Waals surface area contributed by atoms with E-state index in [2.05, 4.69) is 42.6 Å². The fraction of sp³-hybridized carbons (Fsp3) is 0. The molecule has 1 aromatic rings. The van der Waals surface area contributed by atoms with E-state index in [1.165, 1.54) is 3.57 Å². The van der Waals surface area contributed by atoms with Gasteiger partial charge < -0.3 is 0 Å². The predicted molar refractivity (Wildman–Crippen MR) is 62.6 cm³/mol. The summed E-state index contributed by atoms with van der Waals surface area (Å²) in [5, 5.41) is 0. The van der Waals surface area contributed by atoms with Gasteiger partial charge in [0, 0.05) is 0 Å². The Labute approximate surface area is 88.0 Å². The summed E-state index contributed by atoms with van der Waals surface area (Å²) in [6.45, 7) is 0. The first-order chi connectivity index (χ1) is 5.38. The molecule has 56 valence electrons. The Hall–Kier alpha value is 0.150. The van der Waals surface area contributed by atoms with Crippen LogP contribution in [0.25, 0.3) is 6.08 Å². The molecule has 2 nitrogen and oxygen atoms in total. The van der Waals surface area contributed by atoms with Crippen molar-refractivity contribution in [2.75, 3.05) is 0 Å². The van der Waals surface area contributed by atoms with Crippen LogP contribution in [0.4, 0.5) is 0 Å². The van der Waals surface area contributed by atoms with E-state index in [4.69, 9.17) is 0 Å². The number of halogens is 2. The number of rotatable bonds is 0. The maximum absolute atomic E-state index is 4.18. The van der Waals surface area contributed by atoms with Crippen LogP contribution >= 0.6 is 43.3 Å². The molecule has 2 heterocycles. The van der Waals surface area contributed by atoms with E-state index >= 15 is 0 Å². The van der Waals surface area contributed by atoms with Gasteiger partial charge in [-0.25, -0.2) is 9.97 Å². The quantitative estimate of drug-likeness (QED) is 0.516. The highest BCUT2D eigenvalue weighted by molar-refractivity contribution is 14.2. The summed E-state index contributed by atoms with van der Waals surface area (Å²) in [5.74, 6) is 0. The molecule has 0 atom stereocenters. The third-order valence-electron chi connectivity index (χ3n) is 1.27. The van der Waals surface area contributed by atoms with Crippen molar-refractivity contribution in [2.45, 2.75) is 0 Å². The molecule has 0 spiro atoms. The monoisotopic (exact) mass is 370 g/mol. The van der Waals surface area contributed by atoms with Gasteiger partial charge in [-0.2, -0.15) is 0 Å². The van der Waals surface area contributed by atoms with Crippen molar-refractivity contribution in [3.05, 3.63) is 25.4 Å². The van der Waals surface area contributed by atoms with Crippen molar-refractivity contribution in [1.29, 1.82) is 0 Å². The summed E-state index contributed by atoms with van der Waals surface area (Å²) in [7, 11) is 0. The Morgan fingerprint density at radius 3 is 3.09 bits per heavy atom. The van der Waals surface area contributed by atoms with Crippen LogP contribution in [-0.2, 0) is 0 Å². The predicted octanol–water partition coefficient (Wildman–Crippen LogP) is 2.05. The van der Waals surface area contributed by atoms with Gasteiger partial charge >= 0.3 is 0 Å². The molecule has 0 radical (unpaired) electrons. The lowest BCUT2D eigenvalue weighted by Crippen LogP contribution is -1.95. The third-order valence-corrected chi connectivity index (χ3v) is 5.58. The Kier molecular flexibility index (Phi) is 2.30. The van der Waals surface area contributed by atoms with E-state index < -0.39 is 0 Å². The van der Waals surface area contributed by atoms with Gasteiger partial charge in [-0.15, -0.1) is 0 Å². The minimum atomic E-state index is 0.0290. The molecule has 0 aliphatic carbocycles. The highest BCUT2D eigenvalue weighted by atomic mass is 127. The van der Waals surface area contributed by atoms with Crippen LogP contribution in [0, 0.1) is 7.27 Å². The normalized spacial score (nSPS) is 13.9. The first-order valence-electron chi connectivity index (χ1n) is 3.02. The van der Waals surface area contributed by atoms with Crippen molar-refractivity contribution in [2.24, 2.45) is 0 Å². The van der Waals surface area contributed by atoms with Gasteiger partial charge in [-0.1, -0.05) is 26.8 Å². The molecule has 11 heavy (non-hydrogen) atoms. The van der Waals surface area contributed by atoms with Crippen LogP contribution in [0.5, 0.6) is 0 Å². The van der Waals surface area contributed by atoms with Crippen molar-refractivity contribution in [3.63, 3.8) is 0 Å². The number of nitrogens with zero attached hydrogens (tertiary/aromatic N) is 2. The van der Waals surface area contributed by atoms with Gasteiger partial charge in [0.15, 0.2) is 0 Å². The van der Waals surface area contributed by atoms with Gasteiger partial charge in [0.25, 0.3) is 0 Å². The topological polar surface area (TPSA) is 25.8 Å². The van der Waals surface area contributed by atoms with Crippen LogP contribution in [-0.4, -0.2) is 14.0 Å². The minimum Gasteiger partial charge on any atom is -0.236 e. The van der Waals surface area contributed by atoms with Gasteiger partial charge in [-0.3, -0.25) is 0 Å². The minimum absolute atomic E-state index is 0.0290. The van der Waals surface area contributed by atoms with Gasteiger partial charge in [-0.05, 0) is 32.7 Å². The van der Waals surface area contributed by atoms with E-state index in [0.29, 0.717) is 0 Å². The lowest BCUT2D eigenvalue weighted by molar-refractivity contribution is 1.10. The first-order valence-corrected chi connectivity index (χ1v) is 6.42. The molecule has 2 rings (SSSR count). The van der Waals surface area contributed by atoms with Gasteiger partial charge in [0.2, 0.25) is 0 Å². The molecule has 0 fully saturated rings. The largest absolute Gasteiger partial charge is 0.236 e. The molecule has 0 aromatic carbocycles. The Bertz CT molecular complexity index is 344. The molecule has 4 heteroatoms. The van der Waals surface area contributed by atoms with E-state index in [0.717, 1.165) is 9.39 Å². The number of allylic oxidation sites excluding steroid dienone is 1. The zero-order valence-electron chi connectivity index (χ0n) is 5.46. The van der Waals surface area contributed by atoms with Crippen LogP contribution in [0.2, 0.25) is 0 Å². The maximum Gasteiger partial charge on any atom is 0.118 e. The van der Waals surface area contributed by atoms with Crippen molar-refractivity contribution in [3.8, 4) is 0 Å². The number of fused-ring (bicyclic) bond motifs is 1. The number of aromatic nitrogens is 2.